The van der Waals surface area contributed by atoms with Gasteiger partial charge in [0.15, 0.2) is 0 Å². The molecule has 0 radical (unpaired) electrons. The largest absolute Gasteiger partial charge is 0.352 e. The Balaban J connectivity index is 1.92. The number of nitrogens with zero attached hydrogens (tertiary/aromatic N) is 1. The summed E-state index contributed by atoms with van der Waals surface area (Å²) in [5.74, 6) is -0.695. The summed E-state index contributed by atoms with van der Waals surface area (Å²) in [6, 6.07) is 12.1. The van der Waals surface area contributed by atoms with Gasteiger partial charge in [0, 0.05) is 6.04 Å². The first kappa shape index (κ1) is 11.7. The number of hydrogen-bond donors (Lipinski definition) is 1. The van der Waals surface area contributed by atoms with Crippen molar-refractivity contribution in [2.24, 2.45) is 5.92 Å². The molecule has 88 valence electrons. The second kappa shape index (κ2) is 5.49. The first-order valence-electron chi connectivity index (χ1n) is 6.03. The predicted octanol–water partition coefficient (Wildman–Crippen LogP) is 2.04. The van der Waals surface area contributed by atoms with Crippen molar-refractivity contribution in [2.45, 2.75) is 31.7 Å². The van der Waals surface area contributed by atoms with E-state index < -0.39 is 5.92 Å². The molecule has 1 aliphatic rings. The molecule has 1 atom stereocenters. The summed E-state index contributed by atoms with van der Waals surface area (Å²) >= 11 is 0. The molecule has 1 N–H and O–H groups in total. The summed E-state index contributed by atoms with van der Waals surface area (Å²) in [7, 11) is 0. The fourth-order valence-electron chi connectivity index (χ4n) is 1.90. The van der Waals surface area contributed by atoms with Gasteiger partial charge in [-0.05, 0) is 31.2 Å². The second-order valence-electron chi connectivity index (χ2n) is 4.51. The summed E-state index contributed by atoms with van der Waals surface area (Å²) in [6.45, 7) is 0. The van der Waals surface area contributed by atoms with Gasteiger partial charge in [-0.15, -0.1) is 0 Å². The highest BCUT2D eigenvalue weighted by atomic mass is 16.1. The normalized spacial score (nSPS) is 16.6. The molecule has 0 aromatic heterocycles. The van der Waals surface area contributed by atoms with E-state index in [1.165, 1.54) is 6.42 Å². The number of nitrogens with one attached hydrogen (secondary N) is 1. The lowest BCUT2D eigenvalue weighted by atomic mass is 9.92. The average molecular weight is 228 g/mol. The lowest BCUT2D eigenvalue weighted by Crippen LogP contribution is -2.42. The summed E-state index contributed by atoms with van der Waals surface area (Å²) in [6.07, 6.45) is 3.78. The molecule has 1 amide bonds. The van der Waals surface area contributed by atoms with Crippen LogP contribution in [0.5, 0.6) is 0 Å². The van der Waals surface area contributed by atoms with Gasteiger partial charge in [-0.3, -0.25) is 4.79 Å². The number of carbonyl (C=O) groups is 1. The van der Waals surface area contributed by atoms with Gasteiger partial charge in [-0.2, -0.15) is 5.26 Å². The van der Waals surface area contributed by atoms with Gasteiger partial charge in [-0.25, -0.2) is 0 Å². The Morgan fingerprint density at radius 2 is 2.12 bits per heavy atom. The molecule has 3 nitrogen and oxygen atoms in total. The molecular formula is C14H16N2O. The van der Waals surface area contributed by atoms with Crippen LogP contribution in [0.25, 0.3) is 0 Å². The molecule has 0 heterocycles. The van der Waals surface area contributed by atoms with Gasteiger partial charge >= 0.3 is 0 Å². The number of amides is 1. The molecule has 1 unspecified atom stereocenters. The van der Waals surface area contributed by atoms with Crippen LogP contribution in [0.1, 0.15) is 24.8 Å². The third-order valence-corrected chi connectivity index (χ3v) is 3.21. The van der Waals surface area contributed by atoms with Gasteiger partial charge in [-0.1, -0.05) is 30.3 Å². The number of benzene rings is 1. The molecule has 0 bridgehead atoms. The standard InChI is InChI=1S/C14H16N2O/c15-10-12(9-11-5-2-1-3-6-11)14(17)16-13-7-4-8-13/h1-3,5-6,12-13H,4,7-9H2,(H,16,17). The second-order valence-corrected chi connectivity index (χ2v) is 4.51. The van der Waals surface area contributed by atoms with Crippen molar-refractivity contribution >= 4 is 5.91 Å². The van der Waals surface area contributed by atoms with Crippen LogP contribution in [0, 0.1) is 17.2 Å². The van der Waals surface area contributed by atoms with E-state index in [0.29, 0.717) is 12.5 Å². The zero-order valence-electron chi connectivity index (χ0n) is 9.73. The van der Waals surface area contributed by atoms with Crippen LogP contribution in [-0.4, -0.2) is 11.9 Å². The fraction of sp³-hybridized carbons (Fsp3) is 0.429. The van der Waals surface area contributed by atoms with Crippen molar-refractivity contribution in [1.82, 2.24) is 5.32 Å². The van der Waals surface area contributed by atoms with Crippen molar-refractivity contribution in [3.05, 3.63) is 35.9 Å². The SMILES string of the molecule is N#CC(Cc1ccccc1)C(=O)NC1CCC1. The van der Waals surface area contributed by atoms with E-state index in [1.807, 2.05) is 30.3 Å². The van der Waals surface area contributed by atoms with E-state index in [0.717, 1.165) is 18.4 Å². The van der Waals surface area contributed by atoms with E-state index in [9.17, 15) is 4.79 Å². The van der Waals surface area contributed by atoms with E-state index in [1.54, 1.807) is 0 Å². The first-order valence-corrected chi connectivity index (χ1v) is 6.03. The summed E-state index contributed by atoms with van der Waals surface area (Å²) < 4.78 is 0. The average Bonchev–Trinajstić information content (AvgIpc) is 2.32. The van der Waals surface area contributed by atoms with E-state index in [2.05, 4.69) is 11.4 Å². The molecule has 1 fully saturated rings. The number of rotatable bonds is 4. The zero-order valence-corrected chi connectivity index (χ0v) is 9.73. The molecular weight excluding hydrogens is 212 g/mol. The first-order chi connectivity index (χ1) is 8.29. The van der Waals surface area contributed by atoms with E-state index >= 15 is 0 Å². The van der Waals surface area contributed by atoms with Gasteiger partial charge < -0.3 is 5.32 Å². The van der Waals surface area contributed by atoms with Crippen LogP contribution < -0.4 is 5.32 Å². The lowest BCUT2D eigenvalue weighted by Gasteiger charge is -2.27. The Hall–Kier alpha value is -1.82. The van der Waals surface area contributed by atoms with Gasteiger partial charge in [0.05, 0.1) is 6.07 Å². The van der Waals surface area contributed by atoms with Gasteiger partial charge in [0.1, 0.15) is 5.92 Å². The van der Waals surface area contributed by atoms with E-state index in [-0.39, 0.29) is 5.91 Å². The van der Waals surface area contributed by atoms with Crippen molar-refractivity contribution < 1.29 is 4.79 Å². The minimum absolute atomic E-state index is 0.124. The van der Waals surface area contributed by atoms with Crippen molar-refractivity contribution in [3.8, 4) is 6.07 Å². The third kappa shape index (κ3) is 3.07. The molecule has 0 spiro atoms. The predicted molar refractivity (Wildman–Crippen MR) is 65.0 cm³/mol. The maximum absolute atomic E-state index is 11.8. The molecule has 2 rings (SSSR count). The Morgan fingerprint density at radius 1 is 1.41 bits per heavy atom. The smallest absolute Gasteiger partial charge is 0.237 e. The number of carbonyl (C=O) groups excluding carboxylic acids is 1. The Labute approximate surface area is 101 Å². The third-order valence-electron chi connectivity index (χ3n) is 3.21. The summed E-state index contributed by atoms with van der Waals surface area (Å²) in [5.41, 5.74) is 1.03. The van der Waals surface area contributed by atoms with Crippen LogP contribution in [0.15, 0.2) is 30.3 Å². The molecule has 1 aliphatic carbocycles. The fourth-order valence-corrected chi connectivity index (χ4v) is 1.90. The monoisotopic (exact) mass is 228 g/mol. The Morgan fingerprint density at radius 3 is 2.65 bits per heavy atom. The summed E-state index contributed by atoms with van der Waals surface area (Å²) in [5, 5.41) is 12.0. The lowest BCUT2D eigenvalue weighted by molar-refractivity contribution is -0.124. The van der Waals surface area contributed by atoms with Crippen LogP contribution >= 0.6 is 0 Å². The van der Waals surface area contributed by atoms with Crippen molar-refractivity contribution in [2.75, 3.05) is 0 Å². The molecule has 1 aromatic carbocycles. The molecule has 3 heteroatoms. The van der Waals surface area contributed by atoms with E-state index in [4.69, 9.17) is 5.26 Å². The van der Waals surface area contributed by atoms with Gasteiger partial charge in [0.2, 0.25) is 5.91 Å². The minimum atomic E-state index is -0.571. The van der Waals surface area contributed by atoms with Crippen LogP contribution in [-0.2, 0) is 11.2 Å². The van der Waals surface area contributed by atoms with Gasteiger partial charge in [0.25, 0.3) is 0 Å². The number of hydrogen-bond acceptors (Lipinski definition) is 2. The highest BCUT2D eigenvalue weighted by Gasteiger charge is 2.24. The maximum atomic E-state index is 11.8. The maximum Gasteiger partial charge on any atom is 0.237 e. The molecule has 0 saturated heterocycles. The molecule has 17 heavy (non-hydrogen) atoms. The number of nitriles is 1. The van der Waals surface area contributed by atoms with Crippen LogP contribution in [0.3, 0.4) is 0 Å². The highest BCUT2D eigenvalue weighted by molar-refractivity contribution is 5.81. The van der Waals surface area contributed by atoms with Crippen LogP contribution in [0.4, 0.5) is 0 Å². The zero-order chi connectivity index (χ0) is 12.1. The Kier molecular flexibility index (Phi) is 3.77. The molecule has 1 saturated carbocycles. The highest BCUT2D eigenvalue weighted by Crippen LogP contribution is 2.19. The topological polar surface area (TPSA) is 52.9 Å². The van der Waals surface area contributed by atoms with Crippen molar-refractivity contribution in [1.29, 1.82) is 5.26 Å². The summed E-state index contributed by atoms with van der Waals surface area (Å²) in [4.78, 5) is 11.8. The molecule has 1 aromatic rings. The van der Waals surface area contributed by atoms with Crippen molar-refractivity contribution in [3.63, 3.8) is 0 Å². The molecule has 0 aliphatic heterocycles. The minimum Gasteiger partial charge on any atom is -0.352 e. The Bertz CT molecular complexity index is 418. The van der Waals surface area contributed by atoms with Crippen LogP contribution in [0.2, 0.25) is 0 Å². The quantitative estimate of drug-likeness (QED) is 0.857.